The highest BCUT2D eigenvalue weighted by atomic mass is 16.5. The van der Waals surface area contributed by atoms with Crippen molar-refractivity contribution >= 4 is 0 Å². The van der Waals surface area contributed by atoms with E-state index in [-0.39, 0.29) is 17.7 Å². The number of hydrogen-bond acceptors (Lipinski definition) is 4. The minimum Gasteiger partial charge on any atom is -0.394 e. The summed E-state index contributed by atoms with van der Waals surface area (Å²) in [4.78, 5) is 2.50. The molecular formula is C14H30N2O2. The molecule has 2 unspecified atom stereocenters. The van der Waals surface area contributed by atoms with Crippen LogP contribution in [0.1, 0.15) is 41.0 Å². The Kier molecular flexibility index (Phi) is 5.59. The van der Waals surface area contributed by atoms with Gasteiger partial charge in [-0.2, -0.15) is 0 Å². The number of hydrogen-bond donors (Lipinski definition) is 2. The molecule has 0 aliphatic carbocycles. The second-order valence-corrected chi connectivity index (χ2v) is 6.36. The second kappa shape index (κ2) is 6.33. The van der Waals surface area contributed by atoms with E-state index in [1.165, 1.54) is 0 Å². The van der Waals surface area contributed by atoms with Crippen molar-refractivity contribution in [2.45, 2.75) is 58.2 Å². The molecule has 0 amide bonds. The van der Waals surface area contributed by atoms with E-state index in [1.807, 2.05) is 0 Å². The van der Waals surface area contributed by atoms with Gasteiger partial charge in [0.05, 0.1) is 19.8 Å². The van der Waals surface area contributed by atoms with Gasteiger partial charge >= 0.3 is 0 Å². The number of nitrogens with one attached hydrogen (secondary N) is 1. The highest BCUT2D eigenvalue weighted by Crippen LogP contribution is 2.26. The van der Waals surface area contributed by atoms with Gasteiger partial charge in [0.2, 0.25) is 0 Å². The van der Waals surface area contributed by atoms with E-state index in [9.17, 15) is 5.11 Å². The van der Waals surface area contributed by atoms with Crippen molar-refractivity contribution < 1.29 is 9.84 Å². The Labute approximate surface area is 112 Å². The van der Waals surface area contributed by atoms with Crippen LogP contribution in [0.4, 0.5) is 0 Å². The minimum atomic E-state index is -0.192. The summed E-state index contributed by atoms with van der Waals surface area (Å²) in [6.45, 7) is 14.5. The van der Waals surface area contributed by atoms with Gasteiger partial charge in [0.1, 0.15) is 0 Å². The van der Waals surface area contributed by atoms with E-state index in [0.717, 1.165) is 32.7 Å². The molecule has 1 rings (SSSR count). The lowest BCUT2D eigenvalue weighted by Crippen LogP contribution is -2.59. The number of nitrogens with zero attached hydrogens (tertiary/aromatic N) is 1. The summed E-state index contributed by atoms with van der Waals surface area (Å²) < 4.78 is 5.56. The first-order valence-corrected chi connectivity index (χ1v) is 7.05. The lowest BCUT2D eigenvalue weighted by molar-refractivity contribution is -0.0749. The fraction of sp³-hybridized carbons (Fsp3) is 1.00. The molecule has 0 aromatic carbocycles. The summed E-state index contributed by atoms with van der Waals surface area (Å²) in [7, 11) is 0. The van der Waals surface area contributed by atoms with Gasteiger partial charge in [0, 0.05) is 23.7 Å². The maximum absolute atomic E-state index is 9.59. The fourth-order valence-corrected chi connectivity index (χ4v) is 3.07. The lowest BCUT2D eigenvalue weighted by atomic mass is 9.90. The van der Waals surface area contributed by atoms with Gasteiger partial charge in [0.25, 0.3) is 0 Å². The summed E-state index contributed by atoms with van der Waals surface area (Å²) in [6, 6.07) is 0.431. The van der Waals surface area contributed by atoms with Gasteiger partial charge < -0.3 is 15.2 Å². The third kappa shape index (κ3) is 3.92. The molecule has 2 atom stereocenters. The highest BCUT2D eigenvalue weighted by Gasteiger charge is 2.36. The molecule has 0 spiro atoms. The van der Waals surface area contributed by atoms with Crippen LogP contribution in [0.25, 0.3) is 0 Å². The molecule has 1 heterocycles. The molecule has 2 N–H and O–H groups in total. The van der Waals surface area contributed by atoms with Gasteiger partial charge in [-0.05, 0) is 40.7 Å². The van der Waals surface area contributed by atoms with Gasteiger partial charge in [0.15, 0.2) is 0 Å². The Morgan fingerprint density at radius 3 is 2.67 bits per heavy atom. The average molecular weight is 258 g/mol. The van der Waals surface area contributed by atoms with Crippen LogP contribution >= 0.6 is 0 Å². The predicted octanol–water partition coefficient (Wildman–Crippen LogP) is 1.24. The predicted molar refractivity (Wildman–Crippen MR) is 74.9 cm³/mol. The van der Waals surface area contributed by atoms with Crippen molar-refractivity contribution in [2.75, 3.05) is 32.9 Å². The maximum Gasteiger partial charge on any atom is 0.0645 e. The summed E-state index contributed by atoms with van der Waals surface area (Å²) in [5, 5.41) is 13.0. The van der Waals surface area contributed by atoms with E-state index < -0.39 is 0 Å². The van der Waals surface area contributed by atoms with E-state index in [2.05, 4.69) is 44.8 Å². The molecule has 18 heavy (non-hydrogen) atoms. The summed E-state index contributed by atoms with van der Waals surface area (Å²) in [5.41, 5.74) is -0.108. The normalized spacial score (nSPS) is 25.7. The highest BCUT2D eigenvalue weighted by molar-refractivity contribution is 4.93. The first-order chi connectivity index (χ1) is 8.34. The Bertz CT molecular complexity index is 258. The van der Waals surface area contributed by atoms with Crippen molar-refractivity contribution in [3.05, 3.63) is 0 Å². The first kappa shape index (κ1) is 15.9. The van der Waals surface area contributed by atoms with Crippen LogP contribution in [-0.4, -0.2) is 60.0 Å². The molecule has 0 radical (unpaired) electrons. The topological polar surface area (TPSA) is 44.7 Å². The Morgan fingerprint density at radius 2 is 2.17 bits per heavy atom. The zero-order valence-corrected chi connectivity index (χ0v) is 12.6. The molecule has 0 bridgehead atoms. The van der Waals surface area contributed by atoms with Crippen molar-refractivity contribution in [1.29, 1.82) is 0 Å². The van der Waals surface area contributed by atoms with Crippen LogP contribution < -0.4 is 5.32 Å². The number of rotatable bonds is 6. The third-order valence-electron chi connectivity index (χ3n) is 3.94. The van der Waals surface area contributed by atoms with E-state index in [0.29, 0.717) is 6.04 Å². The van der Waals surface area contributed by atoms with Gasteiger partial charge in [-0.3, -0.25) is 4.90 Å². The van der Waals surface area contributed by atoms with Crippen LogP contribution in [0.2, 0.25) is 0 Å². The summed E-state index contributed by atoms with van der Waals surface area (Å²) in [6.07, 6.45) is 0.945. The molecule has 0 aromatic rings. The number of aliphatic hydroxyl groups excluding tert-OH is 1. The molecule has 4 nitrogen and oxygen atoms in total. The average Bonchev–Trinajstić information content (AvgIpc) is 2.28. The second-order valence-electron chi connectivity index (χ2n) is 6.36. The van der Waals surface area contributed by atoms with Crippen LogP contribution in [0.5, 0.6) is 0 Å². The van der Waals surface area contributed by atoms with E-state index in [4.69, 9.17) is 4.74 Å². The first-order valence-electron chi connectivity index (χ1n) is 7.05. The van der Waals surface area contributed by atoms with Gasteiger partial charge in [-0.15, -0.1) is 0 Å². The number of aliphatic hydroxyl groups is 1. The van der Waals surface area contributed by atoms with Crippen LogP contribution in [-0.2, 0) is 4.74 Å². The Balaban J connectivity index is 2.65. The van der Waals surface area contributed by atoms with Gasteiger partial charge in [-0.25, -0.2) is 0 Å². The fourth-order valence-electron chi connectivity index (χ4n) is 3.07. The zero-order valence-electron chi connectivity index (χ0n) is 12.6. The molecule has 0 saturated carbocycles. The van der Waals surface area contributed by atoms with Crippen molar-refractivity contribution in [3.8, 4) is 0 Å². The van der Waals surface area contributed by atoms with Crippen molar-refractivity contribution in [3.63, 3.8) is 0 Å². The van der Waals surface area contributed by atoms with E-state index in [1.54, 1.807) is 0 Å². The third-order valence-corrected chi connectivity index (χ3v) is 3.94. The molecule has 1 aliphatic rings. The Hall–Kier alpha value is -0.160. The SMILES string of the molecule is CCNC(C)(CO)CC(C)N1CCOCC1(C)C. The van der Waals surface area contributed by atoms with Gasteiger partial charge in [-0.1, -0.05) is 6.92 Å². The number of ether oxygens (including phenoxy) is 1. The molecular weight excluding hydrogens is 228 g/mol. The largest absolute Gasteiger partial charge is 0.394 e. The lowest BCUT2D eigenvalue weighted by Gasteiger charge is -2.47. The number of morpholine rings is 1. The quantitative estimate of drug-likeness (QED) is 0.752. The smallest absolute Gasteiger partial charge is 0.0645 e. The van der Waals surface area contributed by atoms with Crippen LogP contribution in [0.3, 0.4) is 0 Å². The number of likely N-dealkylation sites (N-methyl/N-ethyl adjacent to an activating group) is 1. The molecule has 1 fully saturated rings. The zero-order chi connectivity index (χ0) is 13.8. The molecule has 108 valence electrons. The molecule has 4 heteroatoms. The van der Waals surface area contributed by atoms with E-state index >= 15 is 0 Å². The summed E-state index contributed by atoms with van der Waals surface area (Å²) in [5.74, 6) is 0. The van der Waals surface area contributed by atoms with Crippen molar-refractivity contribution in [2.24, 2.45) is 0 Å². The van der Waals surface area contributed by atoms with Crippen LogP contribution in [0, 0.1) is 0 Å². The molecule has 1 saturated heterocycles. The Morgan fingerprint density at radius 1 is 1.50 bits per heavy atom. The molecule has 1 aliphatic heterocycles. The monoisotopic (exact) mass is 258 g/mol. The van der Waals surface area contributed by atoms with Crippen molar-refractivity contribution in [1.82, 2.24) is 10.2 Å². The summed E-state index contributed by atoms with van der Waals surface area (Å²) >= 11 is 0. The minimum absolute atomic E-state index is 0.0836. The standard InChI is InChI=1S/C14H30N2O2/c1-6-15-14(5,10-17)9-12(2)16-7-8-18-11-13(16,3)4/h12,15,17H,6-11H2,1-5H3. The van der Waals surface area contributed by atoms with Crippen LogP contribution in [0.15, 0.2) is 0 Å². The maximum atomic E-state index is 9.59. The molecule has 0 aromatic heterocycles.